The number of benzene rings is 1. The summed E-state index contributed by atoms with van der Waals surface area (Å²) in [6.45, 7) is 4.59. The second kappa shape index (κ2) is 6.52. The van der Waals surface area contributed by atoms with E-state index < -0.39 is 0 Å². The topological polar surface area (TPSA) is 52.0 Å². The van der Waals surface area contributed by atoms with Crippen LogP contribution in [0.5, 0.6) is 0 Å². The fourth-order valence-corrected chi connectivity index (χ4v) is 4.71. The summed E-state index contributed by atoms with van der Waals surface area (Å²) in [7, 11) is 0. The van der Waals surface area contributed by atoms with Gasteiger partial charge >= 0.3 is 0 Å². The predicted octanol–water partition coefficient (Wildman–Crippen LogP) is 5.36. The van der Waals surface area contributed by atoms with Crippen LogP contribution < -0.4 is 11.5 Å². The van der Waals surface area contributed by atoms with E-state index in [0.717, 1.165) is 17.8 Å². The first kappa shape index (κ1) is 15.7. The highest BCUT2D eigenvalue weighted by Crippen LogP contribution is 2.46. The van der Waals surface area contributed by atoms with Crippen molar-refractivity contribution < 1.29 is 0 Å². The van der Waals surface area contributed by atoms with Crippen molar-refractivity contribution in [3.05, 3.63) is 22.8 Å². The Hall–Kier alpha value is -1.18. The zero-order valence-electron chi connectivity index (χ0n) is 14.3. The van der Waals surface area contributed by atoms with E-state index in [1.807, 2.05) is 0 Å². The second-order valence-electron chi connectivity index (χ2n) is 7.92. The van der Waals surface area contributed by atoms with Gasteiger partial charge in [0.1, 0.15) is 0 Å². The average Bonchev–Trinajstić information content (AvgIpc) is 3.14. The molecule has 2 aliphatic carbocycles. The summed E-state index contributed by atoms with van der Waals surface area (Å²) in [5.74, 6) is 1.93. The second-order valence-corrected chi connectivity index (χ2v) is 7.92. The van der Waals surface area contributed by atoms with E-state index >= 15 is 0 Å². The van der Waals surface area contributed by atoms with Gasteiger partial charge < -0.3 is 11.5 Å². The normalized spacial score (nSPS) is 20.3. The molecule has 22 heavy (non-hydrogen) atoms. The summed E-state index contributed by atoms with van der Waals surface area (Å²) in [5.41, 5.74) is 19.4. The molecule has 2 fully saturated rings. The van der Waals surface area contributed by atoms with Gasteiger partial charge in [-0.05, 0) is 67.1 Å². The Labute approximate surface area is 135 Å². The molecule has 1 aromatic rings. The molecule has 0 spiro atoms. The van der Waals surface area contributed by atoms with E-state index in [2.05, 4.69) is 19.9 Å². The summed E-state index contributed by atoms with van der Waals surface area (Å²) in [5, 5.41) is 0. The van der Waals surface area contributed by atoms with Gasteiger partial charge in [0.2, 0.25) is 0 Å². The van der Waals surface area contributed by atoms with Gasteiger partial charge in [0.25, 0.3) is 0 Å². The van der Waals surface area contributed by atoms with E-state index in [9.17, 15) is 0 Å². The van der Waals surface area contributed by atoms with Gasteiger partial charge in [-0.15, -0.1) is 0 Å². The molecule has 2 heteroatoms. The van der Waals surface area contributed by atoms with Crippen LogP contribution in [0.2, 0.25) is 0 Å². The van der Waals surface area contributed by atoms with Crippen molar-refractivity contribution in [3.63, 3.8) is 0 Å². The van der Waals surface area contributed by atoms with Crippen molar-refractivity contribution in [1.29, 1.82) is 0 Å². The summed E-state index contributed by atoms with van der Waals surface area (Å²) >= 11 is 0. The largest absolute Gasteiger partial charge is 0.398 e. The van der Waals surface area contributed by atoms with Crippen molar-refractivity contribution in [2.75, 3.05) is 11.5 Å². The molecule has 0 bridgehead atoms. The Morgan fingerprint density at radius 2 is 1.50 bits per heavy atom. The highest BCUT2D eigenvalue weighted by Gasteiger charge is 2.28. The molecule has 2 aliphatic rings. The molecule has 0 amide bonds. The molecule has 1 aromatic carbocycles. The number of anilines is 2. The minimum absolute atomic E-state index is 0.601. The lowest BCUT2D eigenvalue weighted by Crippen LogP contribution is -2.13. The molecule has 4 N–H and O–H groups in total. The third kappa shape index (κ3) is 2.98. The maximum Gasteiger partial charge on any atom is 0.0405 e. The third-order valence-corrected chi connectivity index (χ3v) is 5.76. The molecule has 0 aliphatic heterocycles. The van der Waals surface area contributed by atoms with Crippen molar-refractivity contribution >= 4 is 11.4 Å². The van der Waals surface area contributed by atoms with Crippen LogP contribution >= 0.6 is 0 Å². The number of rotatable bonds is 4. The van der Waals surface area contributed by atoms with Crippen LogP contribution in [0.25, 0.3) is 0 Å². The molecule has 0 saturated heterocycles. The van der Waals surface area contributed by atoms with Crippen molar-refractivity contribution in [1.82, 2.24) is 0 Å². The molecule has 122 valence electrons. The Morgan fingerprint density at radius 3 is 2.05 bits per heavy atom. The van der Waals surface area contributed by atoms with E-state index in [1.165, 1.54) is 68.1 Å². The summed E-state index contributed by atoms with van der Waals surface area (Å²) in [6.07, 6.45) is 11.6. The van der Waals surface area contributed by atoms with Crippen LogP contribution in [0.4, 0.5) is 11.4 Å². The Kier molecular flexibility index (Phi) is 4.65. The fraction of sp³-hybridized carbons (Fsp3) is 0.700. The molecule has 3 rings (SSSR count). The first-order valence-corrected chi connectivity index (χ1v) is 9.28. The van der Waals surface area contributed by atoms with Crippen LogP contribution in [-0.4, -0.2) is 0 Å². The lowest BCUT2D eigenvalue weighted by atomic mass is 9.82. The average molecular weight is 300 g/mol. The van der Waals surface area contributed by atoms with E-state index in [0.29, 0.717) is 17.8 Å². The zero-order valence-corrected chi connectivity index (χ0v) is 14.3. The van der Waals surface area contributed by atoms with Crippen LogP contribution in [0.15, 0.2) is 6.07 Å². The molecule has 0 atom stereocenters. The number of hydrogen-bond donors (Lipinski definition) is 2. The Bertz CT molecular complexity index is 521. The lowest BCUT2D eigenvalue weighted by Gasteiger charge is -2.25. The molecular weight excluding hydrogens is 268 g/mol. The van der Waals surface area contributed by atoms with Crippen molar-refractivity contribution in [2.45, 2.75) is 83.5 Å². The van der Waals surface area contributed by atoms with E-state index in [-0.39, 0.29) is 0 Å². The lowest BCUT2D eigenvalue weighted by molar-refractivity contribution is 0.627. The highest BCUT2D eigenvalue weighted by molar-refractivity contribution is 5.70. The van der Waals surface area contributed by atoms with Gasteiger partial charge in [0, 0.05) is 16.9 Å². The number of hydrogen-bond acceptors (Lipinski definition) is 2. The molecule has 0 unspecified atom stereocenters. The minimum Gasteiger partial charge on any atom is -0.398 e. The first-order valence-electron chi connectivity index (χ1n) is 9.28. The Morgan fingerprint density at radius 1 is 0.955 bits per heavy atom. The van der Waals surface area contributed by atoms with Crippen LogP contribution in [0.1, 0.15) is 93.7 Å². The monoisotopic (exact) mass is 300 g/mol. The van der Waals surface area contributed by atoms with Gasteiger partial charge in [-0.3, -0.25) is 0 Å². The number of nitrogens with two attached hydrogens (primary N) is 2. The zero-order chi connectivity index (χ0) is 15.7. The van der Waals surface area contributed by atoms with E-state index in [1.54, 1.807) is 0 Å². The van der Waals surface area contributed by atoms with E-state index in [4.69, 9.17) is 11.5 Å². The van der Waals surface area contributed by atoms with Crippen molar-refractivity contribution in [2.24, 2.45) is 5.92 Å². The minimum atomic E-state index is 0.601. The molecule has 0 radical (unpaired) electrons. The smallest absolute Gasteiger partial charge is 0.0405 e. The van der Waals surface area contributed by atoms with Crippen LogP contribution in [0.3, 0.4) is 0 Å². The maximum atomic E-state index is 6.70. The van der Waals surface area contributed by atoms with Crippen LogP contribution in [-0.2, 0) is 6.42 Å². The van der Waals surface area contributed by atoms with Gasteiger partial charge in [-0.1, -0.05) is 39.5 Å². The molecule has 0 heterocycles. The quantitative estimate of drug-likeness (QED) is 0.735. The number of nitrogen functional groups attached to an aromatic ring is 2. The first-order chi connectivity index (χ1) is 10.6. The van der Waals surface area contributed by atoms with Crippen LogP contribution in [0, 0.1) is 5.92 Å². The summed E-state index contributed by atoms with van der Waals surface area (Å²) in [4.78, 5) is 0. The highest BCUT2D eigenvalue weighted by atomic mass is 14.6. The molecular formula is C20H32N2. The van der Waals surface area contributed by atoms with Gasteiger partial charge in [-0.25, -0.2) is 0 Å². The fourth-order valence-electron chi connectivity index (χ4n) is 4.71. The van der Waals surface area contributed by atoms with Gasteiger partial charge in [-0.2, -0.15) is 0 Å². The SMILES string of the molecule is CC(C)Cc1c(C2CCCC2)cc(N)c(C2CCCC2)c1N. The maximum absolute atomic E-state index is 6.70. The Balaban J connectivity index is 2.05. The predicted molar refractivity (Wildman–Crippen MR) is 96.2 cm³/mol. The molecule has 2 saturated carbocycles. The summed E-state index contributed by atoms with van der Waals surface area (Å²) < 4.78 is 0. The standard InChI is InChI=1S/C20H32N2/c1-13(2)11-17-16(14-7-3-4-8-14)12-18(21)19(20(17)22)15-9-5-6-10-15/h12-15H,3-11,21-22H2,1-2H3. The summed E-state index contributed by atoms with van der Waals surface area (Å²) in [6, 6.07) is 2.30. The third-order valence-electron chi connectivity index (χ3n) is 5.76. The van der Waals surface area contributed by atoms with Gasteiger partial charge in [0.05, 0.1) is 0 Å². The van der Waals surface area contributed by atoms with Crippen molar-refractivity contribution in [3.8, 4) is 0 Å². The van der Waals surface area contributed by atoms with Gasteiger partial charge in [0.15, 0.2) is 0 Å². The molecule has 0 aromatic heterocycles. The molecule has 2 nitrogen and oxygen atoms in total.